The second-order valence-corrected chi connectivity index (χ2v) is 18.9. The van der Waals surface area contributed by atoms with Gasteiger partial charge in [-0.25, -0.2) is 0 Å². The van der Waals surface area contributed by atoms with E-state index >= 15 is 4.79 Å². The van der Waals surface area contributed by atoms with Gasteiger partial charge in [-0.2, -0.15) is 5.06 Å². The van der Waals surface area contributed by atoms with Crippen LogP contribution < -0.4 is 5.32 Å². The molecule has 2 aliphatic carbocycles. The van der Waals surface area contributed by atoms with Crippen LogP contribution in [0.2, 0.25) is 0 Å². The number of hydroxylamine groups is 2. The Balaban J connectivity index is 1.12. The number of rotatable bonds is 14. The molecule has 8 atom stereocenters. The van der Waals surface area contributed by atoms with Crippen LogP contribution in [0.5, 0.6) is 0 Å². The van der Waals surface area contributed by atoms with Crippen LogP contribution in [-0.4, -0.2) is 131 Å². The molecule has 3 aromatic carbocycles. The van der Waals surface area contributed by atoms with Crippen molar-refractivity contribution in [3.63, 3.8) is 0 Å². The zero-order valence-electron chi connectivity index (χ0n) is 37.2. The average Bonchev–Trinajstić information content (AvgIpc) is 3.94. The highest BCUT2D eigenvalue weighted by Crippen LogP contribution is 2.59. The molecule has 4 fully saturated rings. The number of aliphatic hydroxyl groups is 1. The Bertz CT molecular complexity index is 2250. The van der Waals surface area contributed by atoms with Crippen molar-refractivity contribution in [1.82, 2.24) is 20.2 Å². The number of nitrogens with one attached hydrogen (secondary N) is 1. The van der Waals surface area contributed by atoms with E-state index in [4.69, 9.17) is 23.8 Å². The molecule has 3 aliphatic heterocycles. The molecular weight excluding hydrogens is 821 g/mol. The normalized spacial score (nSPS) is 26.2. The topological polar surface area (TPSA) is 173 Å². The number of likely N-dealkylation sites (N-methyl/N-ethyl adjacent to an activating group) is 2. The smallest absolute Gasteiger partial charge is 0.327 e. The van der Waals surface area contributed by atoms with Crippen molar-refractivity contribution in [2.45, 2.75) is 120 Å². The largest absolute Gasteiger partial charge is 0.460 e. The van der Waals surface area contributed by atoms with Crippen molar-refractivity contribution in [1.29, 1.82) is 0 Å². The van der Waals surface area contributed by atoms with Crippen molar-refractivity contribution in [3.05, 3.63) is 113 Å². The van der Waals surface area contributed by atoms with E-state index in [-0.39, 0.29) is 38.1 Å². The number of aliphatic hydroxyl groups excluding tert-OH is 1. The fourth-order valence-corrected chi connectivity index (χ4v) is 9.87. The summed E-state index contributed by atoms with van der Waals surface area (Å²) in [4.78, 5) is 79.3. The van der Waals surface area contributed by atoms with Crippen LogP contribution in [0, 0.1) is 5.41 Å². The van der Waals surface area contributed by atoms with Gasteiger partial charge in [-0.15, -0.1) is 0 Å². The fraction of sp³-hybridized carbons (Fsp3) is 0.490. The van der Waals surface area contributed by atoms with Gasteiger partial charge in [-0.1, -0.05) is 78.9 Å². The Labute approximate surface area is 373 Å². The van der Waals surface area contributed by atoms with Crippen LogP contribution in [0.3, 0.4) is 0 Å². The molecule has 3 heterocycles. The summed E-state index contributed by atoms with van der Waals surface area (Å²) in [7, 11) is 4.91. The number of fused-ring (bicyclic) bond motifs is 5. The number of ether oxygens (including phenoxy) is 4. The van der Waals surface area contributed by atoms with Crippen LogP contribution >= 0.6 is 0 Å². The molecule has 2 bridgehead atoms. The molecule has 5 aliphatic rings. The predicted molar refractivity (Wildman–Crippen MR) is 232 cm³/mol. The van der Waals surface area contributed by atoms with Crippen LogP contribution in [-0.2, 0) is 73.6 Å². The molecule has 0 aromatic heterocycles. The van der Waals surface area contributed by atoms with E-state index < -0.39 is 89.7 Å². The van der Waals surface area contributed by atoms with Gasteiger partial charge < -0.3 is 39.2 Å². The first-order chi connectivity index (χ1) is 30.5. The predicted octanol–water partition coefficient (Wildman–Crippen LogP) is 3.54. The minimum atomic E-state index is -1.58. The number of hydrogen-bond acceptors (Lipinski definition) is 12. The summed E-state index contributed by atoms with van der Waals surface area (Å²) in [5.41, 5.74) is 2.24. The summed E-state index contributed by atoms with van der Waals surface area (Å²) in [6, 6.07) is 21.6. The maximum atomic E-state index is 15.8. The molecule has 3 saturated heterocycles. The van der Waals surface area contributed by atoms with E-state index in [0.717, 1.165) is 27.8 Å². The lowest BCUT2D eigenvalue weighted by Gasteiger charge is -2.50. The number of carbonyl (C=O) groups excluding carboxylic acids is 5. The molecule has 1 spiro atoms. The third-order valence-electron chi connectivity index (χ3n) is 12.9. The van der Waals surface area contributed by atoms with Gasteiger partial charge in [0.15, 0.2) is 11.8 Å². The van der Waals surface area contributed by atoms with Gasteiger partial charge in [0, 0.05) is 59.3 Å². The number of nitrogens with zero attached hydrogens (tertiary/aromatic N) is 3. The summed E-state index contributed by atoms with van der Waals surface area (Å²) >= 11 is 0. The Morgan fingerprint density at radius 2 is 1.58 bits per heavy atom. The molecule has 3 amide bonds. The SMILES string of the molecule is CN(C)C(=O)C=Cc1ccc(CN2O[C@@H]3[C@H]4OC5(Cc6ccccc6C5)O[C@H]4[C@H]4C[C@]3(C(=O)N(C)[C@H](Cc3ccccc3)C(=O)N[C@H](CO)CCC(=O)OC(C)(C)C)[C@@H]2C(=O)O4)cc1. The zero-order valence-corrected chi connectivity index (χ0v) is 37.2. The number of amides is 3. The van der Waals surface area contributed by atoms with Crippen molar-refractivity contribution in [2.24, 2.45) is 5.41 Å². The van der Waals surface area contributed by atoms with E-state index in [1.165, 1.54) is 20.9 Å². The molecule has 8 rings (SSSR count). The molecule has 340 valence electrons. The second-order valence-electron chi connectivity index (χ2n) is 18.9. The molecule has 15 heteroatoms. The highest BCUT2D eigenvalue weighted by atomic mass is 16.8. The van der Waals surface area contributed by atoms with Crippen molar-refractivity contribution < 1.29 is 52.9 Å². The van der Waals surface area contributed by atoms with Crippen LogP contribution in [0.15, 0.2) is 84.9 Å². The standard InChI is InChI=1S/C49H58N4O11/c1-47(2,3)61-39(56)23-21-35(29-54)50-44(57)36(24-31-12-8-7-9-13-31)52(6)46(59)49-27-37-40-41(63-48(62-40)25-33-14-10-11-15-34(33)26-48)43(49)64-53(42(49)45(58)60-37)28-32-18-16-30(17-19-32)20-22-38(55)51(4)5/h7-20,22,35-37,40-43,54H,21,23-29H2,1-6H3,(H,50,57)/t35-,36+,37+,40-,41-,42-,43+,49-/m0/s1. The summed E-state index contributed by atoms with van der Waals surface area (Å²) in [5.74, 6) is -3.37. The Kier molecular flexibility index (Phi) is 12.6. The van der Waals surface area contributed by atoms with Crippen molar-refractivity contribution in [2.75, 3.05) is 27.7 Å². The van der Waals surface area contributed by atoms with Gasteiger partial charge in [0.2, 0.25) is 17.7 Å². The van der Waals surface area contributed by atoms with Crippen molar-refractivity contribution >= 4 is 35.7 Å². The van der Waals surface area contributed by atoms with Gasteiger partial charge in [-0.3, -0.25) is 28.8 Å². The molecule has 0 radical (unpaired) electrons. The van der Waals surface area contributed by atoms with Crippen LogP contribution in [0.1, 0.15) is 67.9 Å². The lowest BCUT2D eigenvalue weighted by Crippen LogP contribution is -2.70. The Hall–Kier alpha value is -5.45. The molecular formula is C49H58N4O11. The molecule has 64 heavy (non-hydrogen) atoms. The number of benzene rings is 3. The molecule has 1 saturated carbocycles. The van der Waals surface area contributed by atoms with E-state index in [9.17, 15) is 24.3 Å². The minimum Gasteiger partial charge on any atom is -0.460 e. The summed E-state index contributed by atoms with van der Waals surface area (Å²) in [5, 5.41) is 14.8. The lowest BCUT2D eigenvalue weighted by atomic mass is 9.62. The van der Waals surface area contributed by atoms with Gasteiger partial charge in [0.25, 0.3) is 0 Å². The first-order valence-electron chi connectivity index (χ1n) is 22.0. The highest BCUT2D eigenvalue weighted by molar-refractivity contribution is 5.96. The third-order valence-corrected chi connectivity index (χ3v) is 12.9. The third kappa shape index (κ3) is 8.96. The molecule has 3 aromatic rings. The average molecular weight is 879 g/mol. The second kappa shape index (κ2) is 17.8. The summed E-state index contributed by atoms with van der Waals surface area (Å²) in [6.07, 6.45) is 0.957. The van der Waals surface area contributed by atoms with Crippen LogP contribution in [0.25, 0.3) is 6.08 Å². The molecule has 2 N–H and O–H groups in total. The lowest BCUT2D eigenvalue weighted by molar-refractivity contribution is -0.218. The zero-order chi connectivity index (χ0) is 45.6. The van der Waals surface area contributed by atoms with Gasteiger partial charge in [0.05, 0.1) is 19.2 Å². The number of hydrogen-bond donors (Lipinski definition) is 2. The molecule has 15 nitrogen and oxygen atoms in total. The molecule has 0 unspecified atom stereocenters. The first-order valence-corrected chi connectivity index (χ1v) is 22.0. The summed E-state index contributed by atoms with van der Waals surface area (Å²) in [6.45, 7) is 4.94. The van der Waals surface area contributed by atoms with Gasteiger partial charge in [-0.05, 0) is 61.1 Å². The van der Waals surface area contributed by atoms with Gasteiger partial charge >= 0.3 is 11.9 Å². The monoisotopic (exact) mass is 878 g/mol. The minimum absolute atomic E-state index is 0.0448. The maximum absolute atomic E-state index is 15.8. The first kappa shape index (κ1) is 45.1. The van der Waals surface area contributed by atoms with Crippen LogP contribution in [0.4, 0.5) is 0 Å². The Morgan fingerprint density at radius 3 is 2.22 bits per heavy atom. The number of esters is 2. The van der Waals surface area contributed by atoms with E-state index in [0.29, 0.717) is 12.8 Å². The van der Waals surface area contributed by atoms with Crippen molar-refractivity contribution in [3.8, 4) is 0 Å². The van der Waals surface area contributed by atoms with E-state index in [1.807, 2.05) is 78.9 Å². The summed E-state index contributed by atoms with van der Waals surface area (Å²) < 4.78 is 25.4. The Morgan fingerprint density at radius 1 is 0.922 bits per heavy atom. The van der Waals surface area contributed by atoms with Gasteiger partial charge in [0.1, 0.15) is 41.5 Å². The maximum Gasteiger partial charge on any atom is 0.327 e. The number of carbonyl (C=O) groups is 5. The van der Waals surface area contributed by atoms with E-state index in [2.05, 4.69) is 5.32 Å². The fourth-order valence-electron chi connectivity index (χ4n) is 9.87. The van der Waals surface area contributed by atoms with E-state index in [1.54, 1.807) is 48.0 Å². The quantitative estimate of drug-likeness (QED) is 0.179. The highest BCUT2D eigenvalue weighted by Gasteiger charge is 2.77.